The highest BCUT2D eigenvalue weighted by atomic mass is 32.2. The molecule has 0 spiro atoms. The Bertz CT molecular complexity index is 1090. The number of carbonyl (C=O) groups excluding carboxylic acids is 1. The Labute approximate surface area is 154 Å². The van der Waals surface area contributed by atoms with Gasteiger partial charge in [-0.1, -0.05) is 0 Å². The molecule has 10 heteroatoms. The summed E-state index contributed by atoms with van der Waals surface area (Å²) in [5.41, 5.74) is -0.781. The third-order valence-electron chi connectivity index (χ3n) is 4.39. The van der Waals surface area contributed by atoms with Gasteiger partial charge in [-0.05, 0) is 31.9 Å². The summed E-state index contributed by atoms with van der Waals surface area (Å²) < 4.78 is 56.4. The Morgan fingerprint density at radius 1 is 1.41 bits per heavy atom. The third-order valence-corrected chi connectivity index (χ3v) is 6.03. The molecule has 3 rings (SSSR count). The zero-order valence-electron chi connectivity index (χ0n) is 14.5. The minimum absolute atomic E-state index is 0.00297. The number of rotatable bonds is 2. The standard InChI is InChI=1S/C17H16F2N4O3S/c1-9-3-4-10-14(27(25,26)22-9)8-23(2)16(10)17(24)21-13-6-5-12(18)11(7-20)15(13)19/h5-6,8-9,22H,3-4H2,1-2H3,(H,21,24). The first-order valence-electron chi connectivity index (χ1n) is 8.05. The van der Waals surface area contributed by atoms with Crippen LogP contribution in [-0.4, -0.2) is 24.9 Å². The van der Waals surface area contributed by atoms with Crippen LogP contribution in [0.15, 0.2) is 23.2 Å². The predicted octanol–water partition coefficient (Wildman–Crippen LogP) is 2.04. The van der Waals surface area contributed by atoms with Gasteiger partial charge >= 0.3 is 0 Å². The summed E-state index contributed by atoms with van der Waals surface area (Å²) in [6.45, 7) is 1.72. The molecule has 1 aromatic heterocycles. The van der Waals surface area contributed by atoms with Crippen LogP contribution in [0.25, 0.3) is 0 Å². The molecule has 1 aromatic carbocycles. The zero-order chi connectivity index (χ0) is 19.9. The largest absolute Gasteiger partial charge is 0.345 e. The number of hydrogen-bond donors (Lipinski definition) is 2. The Morgan fingerprint density at radius 3 is 2.78 bits per heavy atom. The summed E-state index contributed by atoms with van der Waals surface area (Å²) in [6, 6.07) is 2.99. The lowest BCUT2D eigenvalue weighted by molar-refractivity contribution is 0.101. The number of benzene rings is 1. The van der Waals surface area contributed by atoms with Gasteiger partial charge in [0, 0.05) is 24.8 Å². The van der Waals surface area contributed by atoms with Crippen LogP contribution < -0.4 is 10.0 Å². The number of hydrogen-bond acceptors (Lipinski definition) is 4. The van der Waals surface area contributed by atoms with E-state index in [1.807, 2.05) is 0 Å². The smallest absolute Gasteiger partial charge is 0.272 e. The van der Waals surface area contributed by atoms with Crippen molar-refractivity contribution in [1.82, 2.24) is 9.29 Å². The van der Waals surface area contributed by atoms with Crippen LogP contribution in [0.2, 0.25) is 0 Å². The number of nitrogens with zero attached hydrogens (tertiary/aromatic N) is 2. The molecule has 7 nitrogen and oxygen atoms in total. The second kappa shape index (κ2) is 6.75. The molecule has 1 aliphatic rings. The molecular formula is C17H16F2N4O3S. The van der Waals surface area contributed by atoms with Crippen molar-refractivity contribution in [3.8, 4) is 6.07 Å². The second-order valence-electron chi connectivity index (χ2n) is 6.34. The molecule has 0 saturated heterocycles. The van der Waals surface area contributed by atoms with Gasteiger partial charge in [0.15, 0.2) is 5.82 Å². The number of carbonyl (C=O) groups is 1. The van der Waals surface area contributed by atoms with Crippen LogP contribution in [0.4, 0.5) is 14.5 Å². The first-order valence-corrected chi connectivity index (χ1v) is 9.54. The van der Waals surface area contributed by atoms with Crippen molar-refractivity contribution in [2.75, 3.05) is 5.32 Å². The van der Waals surface area contributed by atoms with E-state index in [9.17, 15) is 22.0 Å². The Kier molecular flexibility index (Phi) is 4.75. The monoisotopic (exact) mass is 394 g/mol. The molecule has 0 saturated carbocycles. The zero-order valence-corrected chi connectivity index (χ0v) is 15.3. The quantitative estimate of drug-likeness (QED) is 0.813. The van der Waals surface area contributed by atoms with Gasteiger partial charge in [-0.2, -0.15) is 5.26 Å². The minimum atomic E-state index is -3.78. The van der Waals surface area contributed by atoms with E-state index < -0.39 is 33.1 Å². The highest BCUT2D eigenvalue weighted by molar-refractivity contribution is 7.89. The Hall–Kier alpha value is -2.77. The number of halogens is 2. The van der Waals surface area contributed by atoms with E-state index in [0.717, 1.165) is 12.1 Å². The van der Waals surface area contributed by atoms with Gasteiger partial charge in [0.05, 0.1) is 5.69 Å². The molecule has 1 atom stereocenters. The van der Waals surface area contributed by atoms with Gasteiger partial charge in [-0.25, -0.2) is 21.9 Å². The summed E-state index contributed by atoms with van der Waals surface area (Å²) in [7, 11) is -2.27. The number of nitrogens with one attached hydrogen (secondary N) is 2. The summed E-state index contributed by atoms with van der Waals surface area (Å²) >= 11 is 0. The molecule has 1 unspecified atom stereocenters. The lowest BCUT2D eigenvalue weighted by Crippen LogP contribution is -2.30. The first-order chi connectivity index (χ1) is 12.7. The van der Waals surface area contributed by atoms with Gasteiger partial charge < -0.3 is 9.88 Å². The molecule has 0 fully saturated rings. The number of amides is 1. The van der Waals surface area contributed by atoms with Crippen LogP contribution in [0.1, 0.15) is 35.0 Å². The maximum atomic E-state index is 14.2. The Balaban J connectivity index is 2.03. The van der Waals surface area contributed by atoms with Gasteiger partial charge in [-0.15, -0.1) is 0 Å². The number of aromatic nitrogens is 1. The average molecular weight is 394 g/mol. The van der Waals surface area contributed by atoms with E-state index in [1.165, 1.54) is 23.9 Å². The van der Waals surface area contributed by atoms with Crippen LogP contribution in [0.5, 0.6) is 0 Å². The minimum Gasteiger partial charge on any atom is -0.345 e. The van der Waals surface area contributed by atoms with Crippen molar-refractivity contribution < 1.29 is 22.0 Å². The van der Waals surface area contributed by atoms with Crippen LogP contribution in [0.3, 0.4) is 0 Å². The molecule has 2 N–H and O–H groups in total. The van der Waals surface area contributed by atoms with E-state index in [0.29, 0.717) is 18.4 Å². The lowest BCUT2D eigenvalue weighted by atomic mass is 10.1. The third kappa shape index (κ3) is 3.31. The number of aryl methyl sites for hydroxylation is 1. The molecular weight excluding hydrogens is 378 g/mol. The SMILES string of the molecule is CC1CCc2c(cn(C)c2C(=O)Nc2ccc(F)c(C#N)c2F)S(=O)(=O)N1. The van der Waals surface area contributed by atoms with E-state index in [2.05, 4.69) is 10.0 Å². The van der Waals surface area contributed by atoms with Crippen molar-refractivity contribution in [3.63, 3.8) is 0 Å². The summed E-state index contributed by atoms with van der Waals surface area (Å²) in [5, 5.41) is 11.1. The van der Waals surface area contributed by atoms with E-state index in [4.69, 9.17) is 5.26 Å². The van der Waals surface area contributed by atoms with E-state index in [-0.39, 0.29) is 22.3 Å². The van der Waals surface area contributed by atoms with Crippen molar-refractivity contribution in [2.24, 2.45) is 7.05 Å². The second-order valence-corrected chi connectivity index (χ2v) is 8.02. The van der Waals surface area contributed by atoms with Gasteiger partial charge in [0.2, 0.25) is 10.0 Å². The fourth-order valence-corrected chi connectivity index (χ4v) is 4.69. The topological polar surface area (TPSA) is 104 Å². The van der Waals surface area contributed by atoms with Crippen molar-refractivity contribution in [1.29, 1.82) is 5.26 Å². The highest BCUT2D eigenvalue weighted by Crippen LogP contribution is 2.28. The summed E-state index contributed by atoms with van der Waals surface area (Å²) in [6.07, 6.45) is 2.15. The molecule has 2 heterocycles. The number of anilines is 1. The van der Waals surface area contributed by atoms with Gasteiger partial charge in [0.1, 0.15) is 28.0 Å². The first kappa shape index (κ1) is 19.0. The Morgan fingerprint density at radius 2 is 2.11 bits per heavy atom. The maximum Gasteiger partial charge on any atom is 0.272 e. The van der Waals surface area contributed by atoms with Gasteiger partial charge in [0.25, 0.3) is 5.91 Å². The number of sulfonamides is 1. The highest BCUT2D eigenvalue weighted by Gasteiger charge is 2.31. The predicted molar refractivity (Wildman–Crippen MR) is 92.5 cm³/mol. The molecule has 1 amide bonds. The molecule has 2 aromatic rings. The van der Waals surface area contributed by atoms with Crippen molar-refractivity contribution in [3.05, 3.63) is 46.8 Å². The normalized spacial score (nSPS) is 18.3. The fraction of sp³-hybridized carbons (Fsp3) is 0.294. The molecule has 27 heavy (non-hydrogen) atoms. The lowest BCUT2D eigenvalue weighted by Gasteiger charge is -2.11. The van der Waals surface area contributed by atoms with Crippen LogP contribution in [-0.2, 0) is 23.5 Å². The van der Waals surface area contributed by atoms with Crippen LogP contribution >= 0.6 is 0 Å². The molecule has 0 aliphatic carbocycles. The van der Waals surface area contributed by atoms with Crippen molar-refractivity contribution in [2.45, 2.75) is 30.7 Å². The molecule has 0 bridgehead atoms. The molecule has 1 aliphatic heterocycles. The van der Waals surface area contributed by atoms with Gasteiger partial charge in [-0.3, -0.25) is 4.79 Å². The maximum absolute atomic E-state index is 14.2. The number of nitriles is 1. The van der Waals surface area contributed by atoms with E-state index >= 15 is 0 Å². The fourth-order valence-electron chi connectivity index (χ4n) is 3.10. The summed E-state index contributed by atoms with van der Waals surface area (Å²) in [4.78, 5) is 12.7. The van der Waals surface area contributed by atoms with Crippen molar-refractivity contribution >= 4 is 21.6 Å². The number of fused-ring (bicyclic) bond motifs is 1. The van der Waals surface area contributed by atoms with E-state index in [1.54, 1.807) is 6.92 Å². The summed E-state index contributed by atoms with van der Waals surface area (Å²) in [5.74, 6) is -2.97. The average Bonchev–Trinajstić information content (AvgIpc) is 2.88. The molecule has 0 radical (unpaired) electrons. The molecule has 142 valence electrons. The van der Waals surface area contributed by atoms with Crippen LogP contribution in [0, 0.1) is 23.0 Å².